The average Bonchev–Trinajstić information content (AvgIpc) is 2.08. The molecule has 0 aliphatic heterocycles. The second kappa shape index (κ2) is 4.28. The number of hydrogen-bond acceptors (Lipinski definition) is 3. The summed E-state index contributed by atoms with van der Waals surface area (Å²) >= 11 is 5.04. The van der Waals surface area contributed by atoms with Crippen molar-refractivity contribution < 1.29 is 0 Å². The molecule has 14 heavy (non-hydrogen) atoms. The van der Waals surface area contributed by atoms with E-state index in [1.54, 1.807) is 12.1 Å². The fourth-order valence-electron chi connectivity index (χ4n) is 1.05. The molecular weight excluding hydrogens is 194 g/mol. The second-order valence-corrected chi connectivity index (χ2v) is 3.80. The molecular formula is C10H14N3S-. The molecule has 76 valence electrons. The molecule has 0 fully saturated rings. The van der Waals surface area contributed by atoms with Gasteiger partial charge in [0.05, 0.1) is 0 Å². The zero-order valence-corrected chi connectivity index (χ0v) is 9.14. The largest absolute Gasteiger partial charge is 0.778 e. The van der Waals surface area contributed by atoms with Crippen LogP contribution >= 0.6 is 0 Å². The van der Waals surface area contributed by atoms with Gasteiger partial charge in [-0.15, -0.1) is 0 Å². The summed E-state index contributed by atoms with van der Waals surface area (Å²) in [6, 6.07) is 5.53. The number of benzene rings is 1. The first-order valence-electron chi connectivity index (χ1n) is 4.41. The van der Waals surface area contributed by atoms with Gasteiger partial charge >= 0.3 is 0 Å². The van der Waals surface area contributed by atoms with Gasteiger partial charge in [-0.3, -0.25) is 4.99 Å². The molecule has 0 saturated carbocycles. The molecule has 0 unspecified atom stereocenters. The van der Waals surface area contributed by atoms with Crippen LogP contribution in [0.2, 0.25) is 0 Å². The van der Waals surface area contributed by atoms with E-state index in [9.17, 15) is 0 Å². The Morgan fingerprint density at radius 1 is 1.43 bits per heavy atom. The molecule has 0 amide bonds. The van der Waals surface area contributed by atoms with Gasteiger partial charge < -0.3 is 24.1 Å². The van der Waals surface area contributed by atoms with Crippen molar-refractivity contribution in [2.45, 2.75) is 24.8 Å². The van der Waals surface area contributed by atoms with Gasteiger partial charge in [0.25, 0.3) is 0 Å². The molecule has 0 aliphatic rings. The zero-order chi connectivity index (χ0) is 10.7. The lowest BCUT2D eigenvalue weighted by atomic mass is 10.2. The van der Waals surface area contributed by atoms with Crippen molar-refractivity contribution in [2.24, 2.45) is 10.7 Å². The molecule has 0 bridgehead atoms. The van der Waals surface area contributed by atoms with Gasteiger partial charge in [-0.25, -0.2) is 0 Å². The third-order valence-electron chi connectivity index (χ3n) is 1.71. The van der Waals surface area contributed by atoms with E-state index in [2.05, 4.69) is 4.99 Å². The molecule has 0 aromatic heterocycles. The van der Waals surface area contributed by atoms with Crippen LogP contribution in [0.1, 0.15) is 19.4 Å². The molecule has 4 heteroatoms. The van der Waals surface area contributed by atoms with E-state index in [1.807, 2.05) is 19.9 Å². The summed E-state index contributed by atoms with van der Waals surface area (Å²) in [5.74, 6) is 0.506. The molecule has 0 spiro atoms. The van der Waals surface area contributed by atoms with Crippen LogP contribution < -0.4 is 11.5 Å². The van der Waals surface area contributed by atoms with Crippen LogP contribution in [0, 0.1) is 0 Å². The quantitative estimate of drug-likeness (QED) is 0.333. The summed E-state index contributed by atoms with van der Waals surface area (Å²) in [5, 5.41) is 0. The Hall–Kier alpha value is -1.29. The first-order valence-corrected chi connectivity index (χ1v) is 4.81. The molecule has 0 atom stereocenters. The highest BCUT2D eigenvalue weighted by molar-refractivity contribution is 7.59. The number of aliphatic imine (C=N–C) groups is 1. The van der Waals surface area contributed by atoms with Crippen molar-refractivity contribution in [2.75, 3.05) is 5.73 Å². The maximum absolute atomic E-state index is 5.78. The van der Waals surface area contributed by atoms with Gasteiger partial charge in [0.15, 0.2) is 0 Å². The average molecular weight is 208 g/mol. The summed E-state index contributed by atoms with van der Waals surface area (Å²) in [5.41, 5.74) is 12.8. The van der Waals surface area contributed by atoms with Crippen LogP contribution in [0.15, 0.2) is 28.1 Å². The van der Waals surface area contributed by atoms with Crippen LogP contribution in [0.4, 0.5) is 5.69 Å². The van der Waals surface area contributed by atoms with Gasteiger partial charge in [-0.2, -0.15) is 4.90 Å². The molecule has 3 nitrogen and oxygen atoms in total. The molecule has 0 aliphatic carbocycles. The Morgan fingerprint density at radius 2 is 2.07 bits per heavy atom. The van der Waals surface area contributed by atoms with E-state index in [1.165, 1.54) is 0 Å². The monoisotopic (exact) mass is 208 g/mol. The Kier molecular flexibility index (Phi) is 3.30. The van der Waals surface area contributed by atoms with Crippen molar-refractivity contribution in [3.8, 4) is 0 Å². The molecule has 4 N–H and O–H groups in total. The lowest BCUT2D eigenvalue weighted by Crippen LogP contribution is -2.15. The third kappa shape index (κ3) is 2.60. The Labute approximate surface area is 89.6 Å². The van der Waals surface area contributed by atoms with E-state index in [-0.39, 0.29) is 6.04 Å². The van der Waals surface area contributed by atoms with Gasteiger partial charge in [0.2, 0.25) is 0 Å². The summed E-state index contributed by atoms with van der Waals surface area (Å²) in [6.45, 7) is 3.94. The second-order valence-electron chi connectivity index (χ2n) is 3.36. The van der Waals surface area contributed by atoms with Crippen molar-refractivity contribution in [3.63, 3.8) is 0 Å². The minimum atomic E-state index is 0.182. The number of rotatable bonds is 2. The van der Waals surface area contributed by atoms with Crippen LogP contribution in [0.5, 0.6) is 0 Å². The van der Waals surface area contributed by atoms with Gasteiger partial charge in [0, 0.05) is 17.3 Å². The van der Waals surface area contributed by atoms with Crippen LogP contribution in [-0.2, 0) is 12.6 Å². The van der Waals surface area contributed by atoms with E-state index < -0.39 is 0 Å². The maximum Gasteiger partial charge on any atom is 0.125 e. The highest BCUT2D eigenvalue weighted by atomic mass is 32.1. The number of anilines is 1. The number of nitrogen functional groups attached to an aromatic ring is 1. The van der Waals surface area contributed by atoms with Crippen molar-refractivity contribution in [3.05, 3.63) is 23.8 Å². The molecule has 0 saturated heterocycles. The van der Waals surface area contributed by atoms with Crippen LogP contribution in [0.3, 0.4) is 0 Å². The molecule has 1 aromatic carbocycles. The minimum Gasteiger partial charge on any atom is -0.778 e. The van der Waals surface area contributed by atoms with Crippen molar-refractivity contribution in [1.82, 2.24) is 0 Å². The smallest absolute Gasteiger partial charge is 0.125 e. The van der Waals surface area contributed by atoms with Crippen LogP contribution in [0.25, 0.3) is 0 Å². The highest BCUT2D eigenvalue weighted by Crippen LogP contribution is 2.13. The van der Waals surface area contributed by atoms with Gasteiger partial charge in [-0.05, 0) is 26.0 Å². The number of nitrogens with zero attached hydrogens (tertiary/aromatic N) is 1. The standard InChI is InChI=1S/C10H15N3S/c1-6(2)13-10(12)7-3-4-8(11)9(14)5-7/h3-6,14H,11H2,1-2H3,(H2,12,13)/p-1. The van der Waals surface area contributed by atoms with Gasteiger partial charge in [-0.1, -0.05) is 6.07 Å². The molecule has 0 radical (unpaired) electrons. The first-order chi connectivity index (χ1) is 6.50. The molecule has 1 rings (SSSR count). The summed E-state index contributed by atoms with van der Waals surface area (Å²) < 4.78 is 0. The lowest BCUT2D eigenvalue weighted by molar-refractivity contribution is 0.834. The predicted octanol–water partition coefficient (Wildman–Crippen LogP) is 1.29. The highest BCUT2D eigenvalue weighted by Gasteiger charge is 1.99. The third-order valence-corrected chi connectivity index (χ3v) is 2.06. The van der Waals surface area contributed by atoms with E-state index in [0.29, 0.717) is 16.4 Å². The number of nitrogens with two attached hydrogens (primary N) is 2. The molecule has 0 heterocycles. The minimum absolute atomic E-state index is 0.182. The predicted molar refractivity (Wildman–Crippen MR) is 62.3 cm³/mol. The Bertz CT molecular complexity index is 358. The Morgan fingerprint density at radius 3 is 2.57 bits per heavy atom. The first kappa shape index (κ1) is 10.8. The fourth-order valence-corrected chi connectivity index (χ4v) is 1.24. The summed E-state index contributed by atoms with van der Waals surface area (Å²) in [4.78, 5) is 4.84. The zero-order valence-electron chi connectivity index (χ0n) is 8.32. The molecule has 1 aromatic rings. The maximum atomic E-state index is 5.78. The number of amidine groups is 1. The van der Waals surface area contributed by atoms with E-state index >= 15 is 0 Å². The SMILES string of the molecule is CC(C)N=C(N)c1ccc(N)c([S-])c1. The summed E-state index contributed by atoms with van der Waals surface area (Å²) in [7, 11) is 0. The summed E-state index contributed by atoms with van der Waals surface area (Å²) in [6.07, 6.45) is 0. The number of hydrogen-bond donors (Lipinski definition) is 2. The lowest BCUT2D eigenvalue weighted by Gasteiger charge is -2.12. The Balaban J connectivity index is 3.03. The van der Waals surface area contributed by atoms with Gasteiger partial charge in [0.1, 0.15) is 5.84 Å². The normalized spacial score (nSPS) is 12.1. The topological polar surface area (TPSA) is 64.4 Å². The van der Waals surface area contributed by atoms with Crippen molar-refractivity contribution in [1.29, 1.82) is 0 Å². The van der Waals surface area contributed by atoms with E-state index in [0.717, 1.165) is 5.56 Å². The van der Waals surface area contributed by atoms with E-state index in [4.69, 9.17) is 24.1 Å². The van der Waals surface area contributed by atoms with Crippen molar-refractivity contribution >= 4 is 24.2 Å². The fraction of sp³-hybridized carbons (Fsp3) is 0.300. The van der Waals surface area contributed by atoms with Crippen LogP contribution in [-0.4, -0.2) is 11.9 Å².